The normalized spacial score (nSPS) is 18.9. The van der Waals surface area contributed by atoms with E-state index in [0.717, 1.165) is 67.4 Å². The number of carbonyl (C=O) groups excluding carboxylic acids is 1. The van der Waals surface area contributed by atoms with Crippen molar-refractivity contribution < 1.29 is 14.6 Å². The molecule has 5 heterocycles. The van der Waals surface area contributed by atoms with Crippen LogP contribution in [0.3, 0.4) is 0 Å². The van der Waals surface area contributed by atoms with E-state index >= 15 is 0 Å². The van der Waals surface area contributed by atoms with Gasteiger partial charge in [0.1, 0.15) is 12.4 Å². The second-order valence-corrected chi connectivity index (χ2v) is 9.93. The van der Waals surface area contributed by atoms with Crippen LogP contribution in [-0.4, -0.2) is 101 Å². The Kier molecular flexibility index (Phi) is 7.12. The zero-order chi connectivity index (χ0) is 23.5. The summed E-state index contributed by atoms with van der Waals surface area (Å²) in [6.45, 7) is 9.98. The molecule has 5 rings (SSSR count). The largest absolute Gasteiger partial charge is 0.384 e. The first-order valence-corrected chi connectivity index (χ1v) is 12.5. The highest BCUT2D eigenvalue weighted by Crippen LogP contribution is 2.38. The molecule has 0 spiro atoms. The number of aliphatic hydroxyl groups excluding tert-OH is 1. The summed E-state index contributed by atoms with van der Waals surface area (Å²) in [7, 11) is 0. The standard InChI is InChI=1S/C24H30N6O3S/c1-17-20(15-29-7-5-28(6-8-29)14-19(32)16-31)34-22-21(17)26-23(18-3-2-4-25-13-18)27-24(22)30-9-11-33-12-10-30/h2-4,13,16,19,32H,5-12,14-15H2,1H3/t19-/m0/s1. The summed E-state index contributed by atoms with van der Waals surface area (Å²) in [5.74, 6) is 1.69. The molecular formula is C24H30N6O3S. The van der Waals surface area contributed by atoms with Crippen LogP contribution in [0.15, 0.2) is 24.5 Å². The molecule has 0 bridgehead atoms. The van der Waals surface area contributed by atoms with Gasteiger partial charge in [0.25, 0.3) is 0 Å². The zero-order valence-electron chi connectivity index (χ0n) is 19.4. The molecule has 1 atom stereocenters. The number of morpholine rings is 1. The van der Waals surface area contributed by atoms with Crippen LogP contribution in [-0.2, 0) is 16.1 Å². The lowest BCUT2D eigenvalue weighted by molar-refractivity contribution is -0.115. The smallest absolute Gasteiger partial charge is 0.163 e. The molecule has 3 aromatic rings. The molecular weight excluding hydrogens is 452 g/mol. The van der Waals surface area contributed by atoms with Crippen LogP contribution in [0.2, 0.25) is 0 Å². The lowest BCUT2D eigenvalue weighted by Gasteiger charge is -2.34. The minimum absolute atomic E-state index is 0.412. The highest BCUT2D eigenvalue weighted by Gasteiger charge is 2.24. The Hall–Kier alpha value is -2.50. The van der Waals surface area contributed by atoms with Crippen molar-refractivity contribution in [3.63, 3.8) is 0 Å². The van der Waals surface area contributed by atoms with E-state index in [1.165, 1.54) is 10.4 Å². The number of aliphatic hydroxyl groups is 1. The highest BCUT2D eigenvalue weighted by atomic mass is 32.1. The van der Waals surface area contributed by atoms with Gasteiger partial charge in [0.05, 0.1) is 23.4 Å². The van der Waals surface area contributed by atoms with Gasteiger partial charge in [0.2, 0.25) is 0 Å². The Labute approximate surface area is 203 Å². The first kappa shape index (κ1) is 23.3. The van der Waals surface area contributed by atoms with E-state index in [4.69, 9.17) is 14.7 Å². The highest BCUT2D eigenvalue weighted by molar-refractivity contribution is 7.19. The lowest BCUT2D eigenvalue weighted by Crippen LogP contribution is -2.48. The van der Waals surface area contributed by atoms with Crippen LogP contribution < -0.4 is 4.90 Å². The second-order valence-electron chi connectivity index (χ2n) is 8.82. The van der Waals surface area contributed by atoms with Gasteiger partial charge < -0.3 is 19.5 Å². The van der Waals surface area contributed by atoms with Gasteiger partial charge in [-0.15, -0.1) is 11.3 Å². The third kappa shape index (κ3) is 4.96. The second kappa shape index (κ2) is 10.4. The molecule has 34 heavy (non-hydrogen) atoms. The minimum atomic E-state index is -0.900. The monoisotopic (exact) mass is 482 g/mol. The number of nitrogens with zero attached hydrogens (tertiary/aromatic N) is 6. The third-order valence-electron chi connectivity index (χ3n) is 6.51. The number of ether oxygens (including phenoxy) is 1. The third-order valence-corrected chi connectivity index (χ3v) is 7.77. The fraction of sp³-hybridized carbons (Fsp3) is 0.500. The molecule has 0 amide bonds. The number of aromatic nitrogens is 3. The number of hydrogen-bond donors (Lipinski definition) is 1. The molecule has 180 valence electrons. The zero-order valence-corrected chi connectivity index (χ0v) is 20.2. The molecule has 2 aliphatic heterocycles. The van der Waals surface area contributed by atoms with Gasteiger partial charge in [-0.1, -0.05) is 0 Å². The number of carbonyl (C=O) groups is 1. The number of β-amino-alcohol motifs (C(OH)–C–C–N with tert-alkyl or cyclic N) is 1. The summed E-state index contributed by atoms with van der Waals surface area (Å²) >= 11 is 1.79. The number of thiophene rings is 1. The summed E-state index contributed by atoms with van der Waals surface area (Å²) in [6.07, 6.45) is 3.29. The summed E-state index contributed by atoms with van der Waals surface area (Å²) in [5, 5.41) is 9.62. The van der Waals surface area contributed by atoms with Gasteiger partial charge in [-0.3, -0.25) is 14.8 Å². The van der Waals surface area contributed by atoms with E-state index in [-0.39, 0.29) is 0 Å². The average Bonchev–Trinajstić information content (AvgIpc) is 3.20. The molecule has 10 heteroatoms. The number of aryl methyl sites for hydroxylation is 1. The van der Waals surface area contributed by atoms with Crippen LogP contribution in [0.4, 0.5) is 5.82 Å². The quantitative estimate of drug-likeness (QED) is 0.504. The van der Waals surface area contributed by atoms with Crippen LogP contribution in [0.25, 0.3) is 21.6 Å². The SMILES string of the molecule is Cc1c(CN2CCN(C[C@H](O)C=O)CC2)sc2c(N3CCOCC3)nc(-c3cccnc3)nc12. The Bertz CT molecular complexity index is 1130. The van der Waals surface area contributed by atoms with Gasteiger partial charge in [-0.25, -0.2) is 9.97 Å². The molecule has 0 radical (unpaired) electrons. The van der Waals surface area contributed by atoms with Crippen molar-refractivity contribution in [2.75, 3.05) is 63.9 Å². The predicted molar refractivity (Wildman–Crippen MR) is 132 cm³/mol. The van der Waals surface area contributed by atoms with E-state index in [9.17, 15) is 9.90 Å². The summed E-state index contributed by atoms with van der Waals surface area (Å²) in [6, 6.07) is 3.91. The number of aldehydes is 1. The molecule has 2 aliphatic rings. The fourth-order valence-electron chi connectivity index (χ4n) is 4.52. The van der Waals surface area contributed by atoms with E-state index in [1.54, 1.807) is 17.5 Å². The van der Waals surface area contributed by atoms with Gasteiger partial charge in [-0.2, -0.15) is 0 Å². The Balaban J connectivity index is 1.42. The average molecular weight is 483 g/mol. The van der Waals surface area contributed by atoms with Crippen molar-refractivity contribution in [1.82, 2.24) is 24.8 Å². The lowest BCUT2D eigenvalue weighted by atomic mass is 10.2. The van der Waals surface area contributed by atoms with Crippen molar-refractivity contribution >= 4 is 33.7 Å². The number of fused-ring (bicyclic) bond motifs is 1. The summed E-state index contributed by atoms with van der Waals surface area (Å²) in [4.78, 5) is 33.2. The Morgan fingerprint density at radius 3 is 2.62 bits per heavy atom. The number of pyridine rings is 1. The van der Waals surface area contributed by atoms with E-state index < -0.39 is 6.10 Å². The minimum Gasteiger partial charge on any atom is -0.384 e. The van der Waals surface area contributed by atoms with Gasteiger partial charge in [0.15, 0.2) is 11.6 Å². The van der Waals surface area contributed by atoms with Crippen molar-refractivity contribution in [3.05, 3.63) is 35.0 Å². The maximum atomic E-state index is 10.8. The summed E-state index contributed by atoms with van der Waals surface area (Å²) < 4.78 is 6.71. The molecule has 2 saturated heterocycles. The predicted octanol–water partition coefficient (Wildman–Crippen LogP) is 1.58. The maximum Gasteiger partial charge on any atom is 0.163 e. The van der Waals surface area contributed by atoms with Gasteiger partial charge in [0, 0.05) is 75.2 Å². The fourth-order valence-corrected chi connectivity index (χ4v) is 5.83. The molecule has 1 N–H and O–H groups in total. The molecule has 0 aliphatic carbocycles. The van der Waals surface area contributed by atoms with E-state index in [0.29, 0.717) is 31.9 Å². The number of piperazine rings is 1. The van der Waals surface area contributed by atoms with E-state index in [1.807, 2.05) is 18.3 Å². The topological polar surface area (TPSA) is 94.9 Å². The van der Waals surface area contributed by atoms with Crippen LogP contribution >= 0.6 is 11.3 Å². The molecule has 0 saturated carbocycles. The van der Waals surface area contributed by atoms with Gasteiger partial charge in [-0.05, 0) is 24.6 Å². The molecule has 3 aromatic heterocycles. The molecule has 2 fully saturated rings. The van der Waals surface area contributed by atoms with Crippen molar-refractivity contribution in [3.8, 4) is 11.4 Å². The Morgan fingerprint density at radius 2 is 1.91 bits per heavy atom. The van der Waals surface area contributed by atoms with Crippen molar-refractivity contribution in [1.29, 1.82) is 0 Å². The van der Waals surface area contributed by atoms with Crippen LogP contribution in [0.1, 0.15) is 10.4 Å². The number of rotatable bonds is 7. The summed E-state index contributed by atoms with van der Waals surface area (Å²) in [5.41, 5.74) is 3.14. The number of anilines is 1. The van der Waals surface area contributed by atoms with E-state index in [2.05, 4.69) is 26.6 Å². The van der Waals surface area contributed by atoms with Crippen molar-refractivity contribution in [2.24, 2.45) is 0 Å². The maximum absolute atomic E-state index is 10.8. The van der Waals surface area contributed by atoms with Gasteiger partial charge >= 0.3 is 0 Å². The molecule has 0 unspecified atom stereocenters. The van der Waals surface area contributed by atoms with Crippen molar-refractivity contribution in [2.45, 2.75) is 19.6 Å². The van der Waals surface area contributed by atoms with Crippen LogP contribution in [0.5, 0.6) is 0 Å². The molecule has 9 nitrogen and oxygen atoms in total. The first-order valence-electron chi connectivity index (χ1n) is 11.7. The number of hydrogen-bond acceptors (Lipinski definition) is 10. The first-order chi connectivity index (χ1) is 16.6. The van der Waals surface area contributed by atoms with Crippen LogP contribution in [0, 0.1) is 6.92 Å². The molecule has 0 aromatic carbocycles. The Morgan fingerprint density at radius 1 is 1.15 bits per heavy atom.